The van der Waals surface area contributed by atoms with E-state index in [-0.39, 0.29) is 17.1 Å². The lowest BCUT2D eigenvalue weighted by Crippen LogP contribution is -2.37. The molecule has 1 aromatic carbocycles. The number of benzene rings is 1. The molecule has 0 unspecified atom stereocenters. The molecule has 0 spiro atoms. The average Bonchev–Trinajstić information content (AvgIpc) is 2.27. The number of halogens is 5. The van der Waals surface area contributed by atoms with Crippen molar-refractivity contribution < 1.29 is 18.0 Å². The average molecular weight is 345 g/mol. The summed E-state index contributed by atoms with van der Waals surface area (Å²) in [7, 11) is 0. The molecule has 18 heavy (non-hydrogen) atoms. The monoisotopic (exact) mass is 343 g/mol. The Kier molecular flexibility index (Phi) is 5.95. The fourth-order valence-electron chi connectivity index (χ4n) is 1.40. The van der Waals surface area contributed by atoms with E-state index in [2.05, 4.69) is 15.9 Å². The molecule has 0 heterocycles. The van der Waals surface area contributed by atoms with Crippen LogP contribution in [0, 0.1) is 5.82 Å². The fourth-order valence-corrected chi connectivity index (χ4v) is 2.08. The number of carbonyl (C=O) groups excluding carboxylic acids is 1. The molecule has 0 aliphatic carbocycles. The maximum Gasteiger partial charge on any atom is 0.258 e. The Morgan fingerprint density at radius 2 is 2.11 bits per heavy atom. The summed E-state index contributed by atoms with van der Waals surface area (Å²) >= 11 is 8.77. The van der Waals surface area contributed by atoms with Crippen molar-refractivity contribution in [2.24, 2.45) is 0 Å². The van der Waals surface area contributed by atoms with E-state index in [1.54, 1.807) is 0 Å². The van der Waals surface area contributed by atoms with Crippen molar-refractivity contribution in [3.8, 4) is 0 Å². The molecule has 100 valence electrons. The first kappa shape index (κ1) is 15.3. The van der Waals surface area contributed by atoms with Gasteiger partial charge in [0.25, 0.3) is 12.3 Å². The van der Waals surface area contributed by atoms with Crippen LogP contribution in [0.1, 0.15) is 10.4 Å². The Bertz CT molecular complexity index is 410. The Hall–Kier alpha value is -0.750. The predicted octanol–water partition coefficient (Wildman–Crippen LogP) is 3.58. The lowest BCUT2D eigenvalue weighted by molar-refractivity contribution is 0.0568. The summed E-state index contributed by atoms with van der Waals surface area (Å²) in [5, 5.41) is 0.228. The van der Waals surface area contributed by atoms with Crippen LogP contribution in [0.2, 0.25) is 5.02 Å². The molecule has 1 aromatic rings. The normalized spacial score (nSPS) is 10.8. The number of nitrogens with zero attached hydrogens (tertiary/aromatic N) is 1. The van der Waals surface area contributed by atoms with E-state index in [9.17, 15) is 18.0 Å². The van der Waals surface area contributed by atoms with E-state index in [1.807, 2.05) is 0 Å². The Morgan fingerprint density at radius 3 is 2.61 bits per heavy atom. The molecule has 7 heteroatoms. The molecule has 2 nitrogen and oxygen atoms in total. The molecular weight excluding hydrogens is 334 g/mol. The number of alkyl halides is 3. The molecule has 0 atom stereocenters. The van der Waals surface area contributed by atoms with Gasteiger partial charge >= 0.3 is 0 Å². The van der Waals surface area contributed by atoms with Gasteiger partial charge in [0.15, 0.2) is 0 Å². The van der Waals surface area contributed by atoms with Crippen LogP contribution in [0.5, 0.6) is 0 Å². The second kappa shape index (κ2) is 6.99. The van der Waals surface area contributed by atoms with Gasteiger partial charge in [-0.2, -0.15) is 0 Å². The molecule has 0 fully saturated rings. The number of amides is 1. The number of carbonyl (C=O) groups is 1. The molecule has 0 aliphatic rings. The van der Waals surface area contributed by atoms with E-state index >= 15 is 0 Å². The van der Waals surface area contributed by atoms with Gasteiger partial charge in [-0.3, -0.25) is 4.79 Å². The van der Waals surface area contributed by atoms with Crippen LogP contribution in [0.25, 0.3) is 0 Å². The van der Waals surface area contributed by atoms with Gasteiger partial charge in [0, 0.05) is 11.9 Å². The highest BCUT2D eigenvalue weighted by Crippen LogP contribution is 2.21. The quantitative estimate of drug-likeness (QED) is 0.748. The number of rotatable bonds is 5. The largest absolute Gasteiger partial charge is 0.332 e. The molecule has 1 amide bonds. The molecule has 0 aromatic heterocycles. The first-order chi connectivity index (χ1) is 8.47. The topological polar surface area (TPSA) is 20.3 Å². The molecule has 0 bridgehead atoms. The summed E-state index contributed by atoms with van der Waals surface area (Å²) < 4.78 is 38.2. The van der Waals surface area contributed by atoms with Crippen molar-refractivity contribution in [2.75, 3.05) is 18.4 Å². The van der Waals surface area contributed by atoms with Crippen molar-refractivity contribution in [3.05, 3.63) is 34.6 Å². The van der Waals surface area contributed by atoms with Crippen LogP contribution >= 0.6 is 27.5 Å². The highest BCUT2D eigenvalue weighted by molar-refractivity contribution is 9.09. The minimum Gasteiger partial charge on any atom is -0.332 e. The van der Waals surface area contributed by atoms with Crippen LogP contribution in [-0.4, -0.2) is 35.7 Å². The zero-order chi connectivity index (χ0) is 13.7. The van der Waals surface area contributed by atoms with Gasteiger partial charge in [-0.1, -0.05) is 33.6 Å². The van der Waals surface area contributed by atoms with Gasteiger partial charge in [0.05, 0.1) is 17.1 Å². The Morgan fingerprint density at radius 1 is 1.44 bits per heavy atom. The van der Waals surface area contributed by atoms with E-state index in [4.69, 9.17) is 11.6 Å². The predicted molar refractivity (Wildman–Crippen MR) is 67.1 cm³/mol. The van der Waals surface area contributed by atoms with Crippen LogP contribution in [-0.2, 0) is 0 Å². The van der Waals surface area contributed by atoms with E-state index < -0.39 is 24.7 Å². The summed E-state index contributed by atoms with van der Waals surface area (Å²) in [5.41, 5.74) is -0.374. The first-order valence-corrected chi connectivity index (χ1v) is 6.54. The van der Waals surface area contributed by atoms with Crippen molar-refractivity contribution >= 4 is 33.4 Å². The number of hydrogen-bond donors (Lipinski definition) is 0. The number of hydrogen-bond acceptors (Lipinski definition) is 1. The van der Waals surface area contributed by atoms with Crippen molar-refractivity contribution in [1.82, 2.24) is 4.90 Å². The third-order valence-corrected chi connectivity index (χ3v) is 2.85. The Labute approximate surface area is 116 Å². The SMILES string of the molecule is O=C(c1c(F)cccc1Cl)N(CCBr)CC(F)F. The highest BCUT2D eigenvalue weighted by Gasteiger charge is 2.23. The summed E-state index contributed by atoms with van der Waals surface area (Å²) in [4.78, 5) is 12.8. The van der Waals surface area contributed by atoms with E-state index in [0.29, 0.717) is 5.33 Å². The highest BCUT2D eigenvalue weighted by atomic mass is 79.9. The van der Waals surface area contributed by atoms with Crippen LogP contribution in [0.3, 0.4) is 0 Å². The second-order valence-electron chi connectivity index (χ2n) is 3.43. The summed E-state index contributed by atoms with van der Waals surface area (Å²) in [5.74, 6) is -1.65. The second-order valence-corrected chi connectivity index (χ2v) is 4.63. The third kappa shape index (κ3) is 3.88. The van der Waals surface area contributed by atoms with Gasteiger partial charge in [-0.15, -0.1) is 0 Å². The summed E-state index contributed by atoms with van der Waals surface area (Å²) in [6.07, 6.45) is -2.68. The van der Waals surface area contributed by atoms with Gasteiger partial charge < -0.3 is 4.90 Å². The minimum atomic E-state index is -2.68. The standard InChI is InChI=1S/C11H10BrClF3NO/c12-4-5-17(6-9(15)16)11(18)10-7(13)2-1-3-8(10)14/h1-3,9H,4-6H2. The van der Waals surface area contributed by atoms with Crippen molar-refractivity contribution in [2.45, 2.75) is 6.43 Å². The van der Waals surface area contributed by atoms with Gasteiger partial charge in [0.1, 0.15) is 5.82 Å². The first-order valence-electron chi connectivity index (χ1n) is 5.04. The zero-order valence-electron chi connectivity index (χ0n) is 9.18. The lowest BCUT2D eigenvalue weighted by Gasteiger charge is -2.22. The van der Waals surface area contributed by atoms with E-state index in [1.165, 1.54) is 12.1 Å². The van der Waals surface area contributed by atoms with Gasteiger partial charge in [-0.05, 0) is 12.1 Å². The third-order valence-electron chi connectivity index (χ3n) is 2.18. The van der Waals surface area contributed by atoms with E-state index in [0.717, 1.165) is 11.0 Å². The molecular formula is C11H10BrClF3NO. The van der Waals surface area contributed by atoms with Crippen LogP contribution < -0.4 is 0 Å². The van der Waals surface area contributed by atoms with Crippen LogP contribution in [0.4, 0.5) is 13.2 Å². The van der Waals surface area contributed by atoms with Gasteiger partial charge in [-0.25, -0.2) is 13.2 Å². The minimum absolute atomic E-state index is 0.0494. The Balaban J connectivity index is 3.01. The maximum atomic E-state index is 13.5. The molecule has 0 aliphatic heterocycles. The molecule has 1 rings (SSSR count). The zero-order valence-corrected chi connectivity index (χ0v) is 11.5. The maximum absolute atomic E-state index is 13.5. The van der Waals surface area contributed by atoms with Crippen molar-refractivity contribution in [3.63, 3.8) is 0 Å². The van der Waals surface area contributed by atoms with Crippen LogP contribution in [0.15, 0.2) is 18.2 Å². The molecule has 0 saturated carbocycles. The molecule has 0 saturated heterocycles. The molecule has 0 N–H and O–H groups in total. The molecule has 0 radical (unpaired) electrons. The smallest absolute Gasteiger partial charge is 0.258 e. The fraction of sp³-hybridized carbons (Fsp3) is 0.364. The van der Waals surface area contributed by atoms with Crippen molar-refractivity contribution in [1.29, 1.82) is 0 Å². The summed E-state index contributed by atoms with van der Waals surface area (Å²) in [6, 6.07) is 3.75. The van der Waals surface area contributed by atoms with Gasteiger partial charge in [0.2, 0.25) is 0 Å². The lowest BCUT2D eigenvalue weighted by atomic mass is 10.2. The summed E-state index contributed by atoms with van der Waals surface area (Å²) in [6.45, 7) is -0.705.